The minimum Gasteiger partial charge on any atom is -0.448 e. The van der Waals surface area contributed by atoms with E-state index < -0.39 is 12.1 Å². The van der Waals surface area contributed by atoms with Gasteiger partial charge in [0, 0.05) is 17.6 Å². The van der Waals surface area contributed by atoms with Crippen LogP contribution in [0.25, 0.3) is 0 Å². The SMILES string of the molecule is Cc1ccc(C)c(NC(=O)[C@H](C)OC(=O)c2csc(NCc3ccccc3)n2)c1. The summed E-state index contributed by atoms with van der Waals surface area (Å²) in [6.07, 6.45) is -0.940. The zero-order chi connectivity index (χ0) is 20.8. The summed E-state index contributed by atoms with van der Waals surface area (Å²) < 4.78 is 5.28. The highest BCUT2D eigenvalue weighted by Gasteiger charge is 2.21. The third-order valence-electron chi connectivity index (χ3n) is 4.30. The Bertz CT molecular complexity index is 1000. The molecule has 1 aromatic heterocycles. The molecule has 6 nitrogen and oxygen atoms in total. The number of esters is 1. The Morgan fingerprint density at radius 1 is 1.14 bits per heavy atom. The van der Waals surface area contributed by atoms with Crippen LogP contribution in [0.2, 0.25) is 0 Å². The third kappa shape index (κ3) is 5.65. The van der Waals surface area contributed by atoms with Crippen molar-refractivity contribution in [2.24, 2.45) is 0 Å². The Morgan fingerprint density at radius 2 is 1.90 bits per heavy atom. The molecule has 1 atom stereocenters. The highest BCUT2D eigenvalue weighted by molar-refractivity contribution is 7.13. The van der Waals surface area contributed by atoms with Gasteiger partial charge in [0.2, 0.25) is 0 Å². The minimum atomic E-state index is -0.940. The maximum atomic E-state index is 12.4. The second kappa shape index (κ2) is 9.34. The Morgan fingerprint density at radius 3 is 2.66 bits per heavy atom. The van der Waals surface area contributed by atoms with Crippen LogP contribution in [0.1, 0.15) is 34.1 Å². The topological polar surface area (TPSA) is 80.3 Å². The first-order valence-corrected chi connectivity index (χ1v) is 10.1. The van der Waals surface area contributed by atoms with E-state index in [1.807, 2.05) is 62.4 Å². The molecule has 1 amide bonds. The average molecular weight is 410 g/mol. The van der Waals surface area contributed by atoms with E-state index in [1.165, 1.54) is 11.3 Å². The lowest BCUT2D eigenvalue weighted by atomic mass is 10.1. The van der Waals surface area contributed by atoms with Crippen LogP contribution in [-0.4, -0.2) is 23.0 Å². The van der Waals surface area contributed by atoms with Crippen molar-refractivity contribution in [2.75, 3.05) is 10.6 Å². The molecule has 0 fully saturated rings. The van der Waals surface area contributed by atoms with Crippen molar-refractivity contribution in [2.45, 2.75) is 33.4 Å². The number of carbonyl (C=O) groups is 2. The second-order valence-electron chi connectivity index (χ2n) is 6.73. The summed E-state index contributed by atoms with van der Waals surface area (Å²) in [5, 5.41) is 8.22. The quantitative estimate of drug-likeness (QED) is 0.559. The molecule has 1 heterocycles. The molecule has 0 spiro atoms. The van der Waals surface area contributed by atoms with Gasteiger partial charge in [-0.05, 0) is 43.5 Å². The van der Waals surface area contributed by atoms with Crippen molar-refractivity contribution in [1.29, 1.82) is 0 Å². The fourth-order valence-corrected chi connectivity index (χ4v) is 3.28. The number of benzene rings is 2. The molecule has 2 N–H and O–H groups in total. The third-order valence-corrected chi connectivity index (χ3v) is 5.10. The van der Waals surface area contributed by atoms with E-state index in [0.717, 1.165) is 16.7 Å². The standard InChI is InChI=1S/C22H23N3O3S/c1-14-9-10-15(2)18(11-14)24-20(26)16(3)28-21(27)19-13-29-22(25-19)23-12-17-7-5-4-6-8-17/h4-11,13,16H,12H2,1-3H3,(H,23,25)(H,24,26)/t16-/m0/s1. The number of ether oxygens (including phenoxy) is 1. The first-order valence-electron chi connectivity index (χ1n) is 9.25. The Hall–Kier alpha value is -3.19. The van der Waals surface area contributed by atoms with Crippen LogP contribution in [-0.2, 0) is 16.1 Å². The summed E-state index contributed by atoms with van der Waals surface area (Å²) in [5.74, 6) is -1.01. The van der Waals surface area contributed by atoms with Gasteiger partial charge >= 0.3 is 5.97 Å². The van der Waals surface area contributed by atoms with Crippen LogP contribution >= 0.6 is 11.3 Å². The van der Waals surface area contributed by atoms with Crippen molar-refractivity contribution in [1.82, 2.24) is 4.98 Å². The van der Waals surface area contributed by atoms with Crippen molar-refractivity contribution in [3.8, 4) is 0 Å². The van der Waals surface area contributed by atoms with Gasteiger partial charge in [0.05, 0.1) is 0 Å². The van der Waals surface area contributed by atoms with Crippen LogP contribution in [0, 0.1) is 13.8 Å². The largest absolute Gasteiger partial charge is 0.448 e. The lowest BCUT2D eigenvalue weighted by Gasteiger charge is -2.14. The fourth-order valence-electron chi connectivity index (χ4n) is 2.60. The molecular formula is C22H23N3O3S. The van der Waals surface area contributed by atoms with Crippen molar-refractivity contribution in [3.63, 3.8) is 0 Å². The molecular weight excluding hydrogens is 386 g/mol. The molecule has 0 saturated heterocycles. The summed E-state index contributed by atoms with van der Waals surface area (Å²) >= 11 is 1.32. The molecule has 150 valence electrons. The molecule has 0 bridgehead atoms. The van der Waals surface area contributed by atoms with E-state index in [2.05, 4.69) is 15.6 Å². The number of anilines is 2. The molecule has 0 aliphatic carbocycles. The van der Waals surface area contributed by atoms with Crippen LogP contribution < -0.4 is 10.6 Å². The maximum absolute atomic E-state index is 12.4. The first kappa shape index (κ1) is 20.5. The zero-order valence-corrected chi connectivity index (χ0v) is 17.4. The van der Waals surface area contributed by atoms with Crippen LogP contribution in [0.4, 0.5) is 10.8 Å². The predicted molar refractivity (Wildman–Crippen MR) is 115 cm³/mol. The molecule has 2 aromatic carbocycles. The minimum absolute atomic E-state index is 0.178. The van der Waals surface area contributed by atoms with E-state index in [0.29, 0.717) is 17.4 Å². The van der Waals surface area contributed by atoms with Crippen LogP contribution in [0.3, 0.4) is 0 Å². The monoisotopic (exact) mass is 409 g/mol. The van der Waals surface area contributed by atoms with E-state index in [-0.39, 0.29) is 11.6 Å². The highest BCUT2D eigenvalue weighted by atomic mass is 32.1. The summed E-state index contributed by atoms with van der Waals surface area (Å²) in [5.41, 5.74) is 3.98. The Kier molecular flexibility index (Phi) is 6.61. The predicted octanol–water partition coefficient (Wildman–Crippen LogP) is 4.56. The van der Waals surface area contributed by atoms with Gasteiger partial charge in [0.1, 0.15) is 0 Å². The maximum Gasteiger partial charge on any atom is 0.358 e. The van der Waals surface area contributed by atoms with Gasteiger partial charge in [-0.2, -0.15) is 0 Å². The summed E-state index contributed by atoms with van der Waals surface area (Å²) in [6.45, 7) is 6.01. The van der Waals surface area contributed by atoms with E-state index in [1.54, 1.807) is 12.3 Å². The van der Waals surface area contributed by atoms with Gasteiger partial charge in [-0.1, -0.05) is 42.5 Å². The number of nitrogens with zero attached hydrogens (tertiary/aromatic N) is 1. The van der Waals surface area contributed by atoms with E-state index >= 15 is 0 Å². The Labute approximate surface area is 173 Å². The molecule has 0 aliphatic heterocycles. The number of aromatic nitrogens is 1. The van der Waals surface area contributed by atoms with Crippen molar-refractivity contribution in [3.05, 3.63) is 76.3 Å². The number of rotatable bonds is 7. The Balaban J connectivity index is 1.54. The molecule has 0 unspecified atom stereocenters. The lowest BCUT2D eigenvalue weighted by molar-refractivity contribution is -0.123. The van der Waals surface area contributed by atoms with Gasteiger partial charge < -0.3 is 15.4 Å². The summed E-state index contributed by atoms with van der Waals surface area (Å²) in [6, 6.07) is 15.7. The highest BCUT2D eigenvalue weighted by Crippen LogP contribution is 2.19. The molecule has 0 aliphatic rings. The number of amides is 1. The number of nitrogens with one attached hydrogen (secondary N) is 2. The number of aryl methyl sites for hydroxylation is 2. The average Bonchev–Trinajstić information content (AvgIpc) is 3.19. The molecule has 29 heavy (non-hydrogen) atoms. The smallest absolute Gasteiger partial charge is 0.358 e. The number of hydrogen-bond donors (Lipinski definition) is 2. The lowest BCUT2D eigenvalue weighted by Crippen LogP contribution is -2.30. The van der Waals surface area contributed by atoms with Crippen LogP contribution in [0.15, 0.2) is 53.9 Å². The number of thiazole rings is 1. The van der Waals surface area contributed by atoms with Crippen molar-refractivity contribution >= 4 is 34.0 Å². The van der Waals surface area contributed by atoms with Gasteiger partial charge in [-0.3, -0.25) is 4.79 Å². The van der Waals surface area contributed by atoms with Gasteiger partial charge in [0.15, 0.2) is 16.9 Å². The molecule has 0 saturated carbocycles. The molecule has 0 radical (unpaired) electrons. The second-order valence-corrected chi connectivity index (χ2v) is 7.59. The van der Waals surface area contributed by atoms with Gasteiger partial charge in [-0.15, -0.1) is 11.3 Å². The molecule has 3 rings (SSSR count). The zero-order valence-electron chi connectivity index (χ0n) is 16.6. The van der Waals surface area contributed by atoms with E-state index in [9.17, 15) is 9.59 Å². The number of carbonyl (C=O) groups excluding carboxylic acids is 2. The van der Waals surface area contributed by atoms with Crippen LogP contribution in [0.5, 0.6) is 0 Å². The van der Waals surface area contributed by atoms with Gasteiger partial charge in [-0.25, -0.2) is 9.78 Å². The van der Waals surface area contributed by atoms with Gasteiger partial charge in [0.25, 0.3) is 5.91 Å². The summed E-state index contributed by atoms with van der Waals surface area (Å²) in [4.78, 5) is 29.0. The first-order chi connectivity index (χ1) is 13.9. The normalized spacial score (nSPS) is 11.6. The van der Waals surface area contributed by atoms with Crippen molar-refractivity contribution < 1.29 is 14.3 Å². The van der Waals surface area contributed by atoms with E-state index in [4.69, 9.17) is 4.74 Å². The molecule has 7 heteroatoms. The fraction of sp³-hybridized carbons (Fsp3) is 0.227. The summed E-state index contributed by atoms with van der Waals surface area (Å²) in [7, 11) is 0. The number of hydrogen-bond acceptors (Lipinski definition) is 6. The molecule has 3 aromatic rings.